The Hall–Kier alpha value is -5.35. The highest BCUT2D eigenvalue weighted by atomic mass is 16.3. The van der Waals surface area contributed by atoms with Crippen molar-refractivity contribution in [3.63, 3.8) is 0 Å². The number of rotatable bonds is 2. The summed E-state index contributed by atoms with van der Waals surface area (Å²) in [5.74, 6) is 0. The Bertz CT molecular complexity index is 2350. The molecule has 0 radical (unpaired) electrons. The van der Waals surface area contributed by atoms with Crippen molar-refractivity contribution in [3.05, 3.63) is 128 Å². The number of fused-ring (bicyclic) bond motifs is 11. The molecule has 0 bridgehead atoms. The first-order valence-electron chi connectivity index (χ1n) is 13.1. The van der Waals surface area contributed by atoms with Gasteiger partial charge < -0.3 is 13.4 Å². The molecule has 0 saturated carbocycles. The van der Waals surface area contributed by atoms with Crippen LogP contribution < -0.4 is 0 Å². The van der Waals surface area contributed by atoms with Crippen molar-refractivity contribution < 1.29 is 4.42 Å². The van der Waals surface area contributed by atoms with E-state index in [2.05, 4.69) is 106 Å². The SMILES string of the molecule is c1ccc2c(c1)oc1c3ccccc3c3c(c4ccccc4n3-c3ccc(-c4cn5ccccc5n4)cc3)c21. The average Bonchev–Trinajstić information content (AvgIpc) is 3.69. The summed E-state index contributed by atoms with van der Waals surface area (Å²) in [7, 11) is 0. The molecule has 0 saturated heterocycles. The minimum atomic E-state index is 0.916. The monoisotopic (exact) mass is 499 g/mol. The maximum absolute atomic E-state index is 6.51. The van der Waals surface area contributed by atoms with E-state index >= 15 is 0 Å². The lowest BCUT2D eigenvalue weighted by Gasteiger charge is -2.11. The van der Waals surface area contributed by atoms with E-state index in [9.17, 15) is 0 Å². The molecule has 0 aliphatic carbocycles. The second-order valence-corrected chi connectivity index (χ2v) is 10.1. The number of furan rings is 1. The van der Waals surface area contributed by atoms with Crippen LogP contribution in [0.3, 0.4) is 0 Å². The second-order valence-electron chi connectivity index (χ2n) is 10.1. The predicted molar refractivity (Wildman–Crippen MR) is 160 cm³/mol. The Morgan fingerprint density at radius 2 is 1.31 bits per heavy atom. The molecule has 4 heteroatoms. The van der Waals surface area contributed by atoms with Gasteiger partial charge in [-0.3, -0.25) is 0 Å². The molecular weight excluding hydrogens is 478 g/mol. The molecule has 4 heterocycles. The molecule has 4 nitrogen and oxygen atoms in total. The molecule has 0 spiro atoms. The summed E-state index contributed by atoms with van der Waals surface area (Å²) in [6.45, 7) is 0. The fourth-order valence-electron chi connectivity index (χ4n) is 6.24. The first-order valence-corrected chi connectivity index (χ1v) is 13.1. The molecule has 5 aromatic carbocycles. The fraction of sp³-hybridized carbons (Fsp3) is 0. The van der Waals surface area contributed by atoms with Gasteiger partial charge in [-0.1, -0.05) is 78.9 Å². The van der Waals surface area contributed by atoms with Crippen LogP contribution in [-0.4, -0.2) is 14.0 Å². The average molecular weight is 500 g/mol. The van der Waals surface area contributed by atoms with Gasteiger partial charge in [-0.15, -0.1) is 0 Å². The normalized spacial score (nSPS) is 12.1. The van der Waals surface area contributed by atoms with E-state index in [4.69, 9.17) is 9.40 Å². The molecule has 0 aliphatic heterocycles. The van der Waals surface area contributed by atoms with Crippen LogP contribution in [0.15, 0.2) is 132 Å². The zero-order valence-corrected chi connectivity index (χ0v) is 20.9. The van der Waals surface area contributed by atoms with Crippen molar-refractivity contribution >= 4 is 60.2 Å². The van der Waals surface area contributed by atoms with Crippen LogP contribution in [0, 0.1) is 0 Å². The molecular formula is C35H21N3O. The topological polar surface area (TPSA) is 35.4 Å². The third-order valence-electron chi connectivity index (χ3n) is 7.93. The molecule has 9 rings (SSSR count). The molecule has 0 N–H and O–H groups in total. The minimum Gasteiger partial charge on any atom is -0.455 e. The van der Waals surface area contributed by atoms with Gasteiger partial charge in [-0.05, 0) is 36.4 Å². The van der Waals surface area contributed by atoms with Crippen molar-refractivity contribution in [2.24, 2.45) is 0 Å². The lowest BCUT2D eigenvalue weighted by atomic mass is 9.99. The van der Waals surface area contributed by atoms with Crippen molar-refractivity contribution in [3.8, 4) is 16.9 Å². The van der Waals surface area contributed by atoms with Crippen molar-refractivity contribution in [2.45, 2.75) is 0 Å². The number of para-hydroxylation sites is 2. The number of imidazole rings is 1. The number of nitrogens with zero attached hydrogens (tertiary/aromatic N) is 3. The molecule has 0 amide bonds. The van der Waals surface area contributed by atoms with Gasteiger partial charge in [0.15, 0.2) is 0 Å². The number of aromatic nitrogens is 3. The van der Waals surface area contributed by atoms with Crippen molar-refractivity contribution in [2.75, 3.05) is 0 Å². The van der Waals surface area contributed by atoms with Gasteiger partial charge >= 0.3 is 0 Å². The predicted octanol–water partition coefficient (Wildman–Crippen LogP) is 9.15. The van der Waals surface area contributed by atoms with Crippen LogP contribution in [0.1, 0.15) is 0 Å². The van der Waals surface area contributed by atoms with Crippen molar-refractivity contribution in [1.29, 1.82) is 0 Å². The molecule has 182 valence electrons. The van der Waals surface area contributed by atoms with Gasteiger partial charge in [0, 0.05) is 56.0 Å². The summed E-state index contributed by atoms with van der Waals surface area (Å²) >= 11 is 0. The molecule has 4 aromatic heterocycles. The van der Waals surface area contributed by atoms with Crippen LogP contribution in [0.25, 0.3) is 77.1 Å². The smallest absolute Gasteiger partial charge is 0.144 e. The van der Waals surface area contributed by atoms with Gasteiger partial charge in [-0.2, -0.15) is 0 Å². The van der Waals surface area contributed by atoms with E-state index < -0.39 is 0 Å². The first kappa shape index (κ1) is 20.7. The maximum atomic E-state index is 6.51. The molecule has 9 aromatic rings. The zero-order chi connectivity index (χ0) is 25.5. The Kier molecular flexibility index (Phi) is 4.02. The molecule has 0 fully saturated rings. The van der Waals surface area contributed by atoms with E-state index in [1.807, 2.05) is 30.5 Å². The highest BCUT2D eigenvalue weighted by Crippen LogP contribution is 2.45. The van der Waals surface area contributed by atoms with Gasteiger partial charge in [0.2, 0.25) is 0 Å². The summed E-state index contributed by atoms with van der Waals surface area (Å²) in [6, 6.07) is 40.5. The van der Waals surface area contributed by atoms with Gasteiger partial charge in [0.05, 0.1) is 16.7 Å². The molecule has 0 atom stereocenters. The summed E-state index contributed by atoms with van der Waals surface area (Å²) < 4.78 is 11.0. The van der Waals surface area contributed by atoms with Crippen LogP contribution in [-0.2, 0) is 0 Å². The largest absolute Gasteiger partial charge is 0.455 e. The lowest BCUT2D eigenvalue weighted by Crippen LogP contribution is -1.94. The van der Waals surface area contributed by atoms with Gasteiger partial charge in [0.25, 0.3) is 0 Å². The number of benzene rings is 5. The number of hydrogen-bond acceptors (Lipinski definition) is 2. The highest BCUT2D eigenvalue weighted by molar-refractivity contribution is 6.35. The summed E-state index contributed by atoms with van der Waals surface area (Å²) in [5.41, 5.74) is 8.36. The Labute approximate surface area is 223 Å². The first-order chi connectivity index (χ1) is 19.3. The molecule has 0 unspecified atom stereocenters. The lowest BCUT2D eigenvalue weighted by molar-refractivity contribution is 0.673. The van der Waals surface area contributed by atoms with E-state index in [0.29, 0.717) is 0 Å². The van der Waals surface area contributed by atoms with Crippen LogP contribution >= 0.6 is 0 Å². The Morgan fingerprint density at radius 3 is 2.15 bits per heavy atom. The second kappa shape index (κ2) is 7.59. The van der Waals surface area contributed by atoms with Crippen LogP contribution in [0.5, 0.6) is 0 Å². The quantitative estimate of drug-likeness (QED) is 0.238. The Morgan fingerprint density at radius 1 is 0.590 bits per heavy atom. The third kappa shape index (κ3) is 2.80. The maximum Gasteiger partial charge on any atom is 0.144 e. The summed E-state index contributed by atoms with van der Waals surface area (Å²) in [4.78, 5) is 4.82. The highest BCUT2D eigenvalue weighted by Gasteiger charge is 2.22. The van der Waals surface area contributed by atoms with E-state index in [0.717, 1.165) is 44.5 Å². The number of hydrogen-bond donors (Lipinski definition) is 0. The molecule has 0 aliphatic rings. The standard InChI is InChI=1S/C35H21N3O/c1-2-10-25-24(9-1)34-32(33-27-12-4-6-14-30(27)39-35(25)33)26-11-3-5-13-29(26)38(34)23-18-16-22(17-19-23)28-21-37-20-8-7-15-31(37)36-28/h1-21H. The zero-order valence-electron chi connectivity index (χ0n) is 20.9. The third-order valence-corrected chi connectivity index (χ3v) is 7.93. The van der Waals surface area contributed by atoms with E-state index in [1.54, 1.807) is 0 Å². The fourth-order valence-corrected chi connectivity index (χ4v) is 6.24. The number of pyridine rings is 1. The summed E-state index contributed by atoms with van der Waals surface area (Å²) in [6.07, 6.45) is 4.11. The Balaban J connectivity index is 1.39. The van der Waals surface area contributed by atoms with Crippen molar-refractivity contribution in [1.82, 2.24) is 14.0 Å². The van der Waals surface area contributed by atoms with E-state index in [1.165, 1.54) is 32.6 Å². The van der Waals surface area contributed by atoms with Crippen LogP contribution in [0.2, 0.25) is 0 Å². The van der Waals surface area contributed by atoms with E-state index in [-0.39, 0.29) is 0 Å². The minimum absolute atomic E-state index is 0.916. The van der Waals surface area contributed by atoms with Gasteiger partial charge in [0.1, 0.15) is 16.8 Å². The molecule has 39 heavy (non-hydrogen) atoms. The van der Waals surface area contributed by atoms with Crippen LogP contribution in [0.4, 0.5) is 0 Å². The van der Waals surface area contributed by atoms with Gasteiger partial charge in [-0.25, -0.2) is 4.98 Å². The summed E-state index contributed by atoms with van der Waals surface area (Å²) in [5, 5.41) is 7.08.